The number of aliphatic carboxylic acids is 4. The van der Waals surface area contributed by atoms with Crippen molar-refractivity contribution >= 4 is 62.7 Å². The van der Waals surface area contributed by atoms with Gasteiger partial charge in [0.1, 0.15) is 24.2 Å². The van der Waals surface area contributed by atoms with Crippen LogP contribution in [0.5, 0.6) is 0 Å². The summed E-state index contributed by atoms with van der Waals surface area (Å²) in [7, 11) is 0. The number of nitrogens with two attached hydrogens (primary N) is 8. The van der Waals surface area contributed by atoms with Crippen LogP contribution in [0, 0.1) is 11.3 Å². The number of benzene rings is 1. The second kappa shape index (κ2) is 36.3. The third-order valence-electron chi connectivity index (χ3n) is 6.77. The number of esters is 3. The van der Waals surface area contributed by atoms with E-state index in [1.807, 2.05) is 50.0 Å². The van der Waals surface area contributed by atoms with E-state index in [1.54, 1.807) is 0 Å². The molecular weight excluding hydrogens is 847 g/mol. The maximum absolute atomic E-state index is 11.4. The number of rotatable bonds is 20. The number of carbonyl (C=O) groups is 7. The SMILES string of the molecule is CC(C)C[C@H](N)C(=O)OC(=O)CN.C[C@H](N)C(=O)O.C[Se]CC[C@H](N)C(=O)O[C@H](C)[C@H](N)C(=O)O.N=C(N)NCCC[C@H](N)C(=O)O.N[C@@H](Cc1ccccc1)C(=O)O. The zero-order valence-electron chi connectivity index (χ0n) is 34.2. The van der Waals surface area contributed by atoms with Gasteiger partial charge < -0.3 is 59.8 Å². The molecule has 0 aliphatic carbocycles. The maximum Gasteiger partial charge on any atom is 0.320 e. The number of hydrogen-bond acceptors (Lipinski definition) is 17. The van der Waals surface area contributed by atoms with Crippen LogP contribution in [0.4, 0.5) is 0 Å². The molecule has 340 valence electrons. The van der Waals surface area contributed by atoms with E-state index in [0.717, 1.165) is 10.9 Å². The summed E-state index contributed by atoms with van der Waals surface area (Å²) < 4.78 is 9.20. The maximum atomic E-state index is 11.4. The van der Waals surface area contributed by atoms with E-state index in [0.29, 0.717) is 53.6 Å². The van der Waals surface area contributed by atoms with Gasteiger partial charge >= 0.3 is 130 Å². The van der Waals surface area contributed by atoms with Gasteiger partial charge in [-0.1, -0.05) is 44.2 Å². The summed E-state index contributed by atoms with van der Waals surface area (Å²) in [6.07, 6.45) is 1.54. The molecule has 1 aromatic rings. The average Bonchev–Trinajstić information content (AvgIpc) is 3.15. The fourth-order valence-electron chi connectivity index (χ4n) is 3.36. The van der Waals surface area contributed by atoms with Crippen molar-refractivity contribution in [2.75, 3.05) is 13.1 Å². The molecule has 22 N–H and O–H groups in total. The predicted octanol–water partition coefficient (Wildman–Crippen LogP) is -2.67. The predicted molar refractivity (Wildman–Crippen MR) is 220 cm³/mol. The molecule has 1 aromatic carbocycles. The smallest absolute Gasteiger partial charge is 0.320 e. The van der Waals surface area contributed by atoms with Crippen LogP contribution in [0.15, 0.2) is 30.3 Å². The van der Waals surface area contributed by atoms with Crippen LogP contribution in [-0.4, -0.2) is 139 Å². The van der Waals surface area contributed by atoms with Crippen LogP contribution >= 0.6 is 0 Å². The molecule has 0 spiro atoms. The van der Waals surface area contributed by atoms with Gasteiger partial charge in [0, 0.05) is 6.54 Å². The van der Waals surface area contributed by atoms with Gasteiger partial charge in [-0.15, -0.1) is 0 Å². The molecule has 0 aliphatic heterocycles. The van der Waals surface area contributed by atoms with Crippen LogP contribution in [0.3, 0.4) is 0 Å². The van der Waals surface area contributed by atoms with E-state index in [9.17, 15) is 33.6 Å². The van der Waals surface area contributed by atoms with Crippen LogP contribution in [0.25, 0.3) is 0 Å². The summed E-state index contributed by atoms with van der Waals surface area (Å²) in [5.74, 6) is -3.94. The fourth-order valence-corrected chi connectivity index (χ4v) is 4.39. The van der Waals surface area contributed by atoms with E-state index >= 15 is 0 Å². The minimum atomic E-state index is -1.22. The topological polar surface area (TPSA) is 463 Å². The van der Waals surface area contributed by atoms with Crippen molar-refractivity contribution in [3.05, 3.63) is 35.9 Å². The Labute approximate surface area is 350 Å². The first-order valence-electron chi connectivity index (χ1n) is 18.0. The molecule has 0 aliphatic rings. The molecule has 1 rings (SSSR count). The molecule has 0 radical (unpaired) electrons. The summed E-state index contributed by atoms with van der Waals surface area (Å²) in [4.78, 5) is 73.7. The summed E-state index contributed by atoms with van der Waals surface area (Å²) >= 11 is 0.459. The van der Waals surface area contributed by atoms with Crippen molar-refractivity contribution < 1.29 is 63.5 Å². The Bertz CT molecular complexity index is 1390. The standard InChI is InChI=1S/C9H18N2O4Se.C9H11NO2.C8H16N2O3.C6H14N4O2.C3H7NO2/c1-5(7(11)8(12)13)15-9(14)6(10)3-4-16-2;10-8(9(11)12)6-7-4-2-1-3-5-7;1-5(2)3-6(10)8(12)13-7(11)4-9;7-4(5(11)12)2-1-3-10-6(8)9;1-2(4)3(5)6/h5-7H,3-4,10-11H2,1-2H3,(H,12,13);1-5,8H,6,10H2,(H,11,12);5-6H,3-4,9-10H2,1-2H3;4H,1-3,7H2,(H,11,12)(H4,8,9,10);2H,4H2,1H3,(H,5,6)/t5-,6+,7+;8-;6-;4-;2-/m10000/s1. The third kappa shape index (κ3) is 38.5. The van der Waals surface area contributed by atoms with Crippen molar-refractivity contribution in [1.82, 2.24) is 5.32 Å². The normalized spacial score (nSPS) is 13.6. The third-order valence-corrected chi connectivity index (χ3v) is 8.12. The van der Waals surface area contributed by atoms with Crippen molar-refractivity contribution in [3.63, 3.8) is 0 Å². The second-order valence-electron chi connectivity index (χ2n) is 12.8. The quantitative estimate of drug-likeness (QED) is 0.0158. The Kier molecular flexibility index (Phi) is 37.5. The monoisotopic (exact) mass is 914 g/mol. The number of carboxylic acids is 4. The molecule has 0 amide bonds. The molecule has 0 unspecified atom stereocenters. The first-order chi connectivity index (χ1) is 27.2. The minimum absolute atomic E-state index is 0.112. The molecular formula is C35H66N10O13Se. The first-order valence-corrected chi connectivity index (χ1v) is 20.9. The molecule has 0 fully saturated rings. The Hall–Kier alpha value is -4.78. The fraction of sp³-hybridized carbons (Fsp3) is 0.600. The Morgan fingerprint density at radius 2 is 1.25 bits per heavy atom. The van der Waals surface area contributed by atoms with Crippen LogP contribution in [-0.2, 0) is 49.5 Å². The number of nitrogens with one attached hydrogen (secondary N) is 2. The number of guanidine groups is 1. The van der Waals surface area contributed by atoms with Crippen LogP contribution < -0.4 is 51.2 Å². The molecule has 7 atom stereocenters. The van der Waals surface area contributed by atoms with Crippen molar-refractivity contribution in [2.24, 2.45) is 51.8 Å². The molecule has 0 heterocycles. The molecule has 24 heteroatoms. The largest absolute Gasteiger partial charge is 0.480 e. The zero-order chi connectivity index (χ0) is 46.8. The van der Waals surface area contributed by atoms with Crippen LogP contribution in [0.1, 0.15) is 58.9 Å². The summed E-state index contributed by atoms with van der Waals surface area (Å²) in [6, 6.07) is 4.35. The van der Waals surface area contributed by atoms with E-state index in [2.05, 4.69) is 10.1 Å². The van der Waals surface area contributed by atoms with E-state index in [1.165, 1.54) is 13.8 Å². The van der Waals surface area contributed by atoms with Crippen molar-refractivity contribution in [2.45, 2.75) is 113 Å². The zero-order valence-corrected chi connectivity index (χ0v) is 35.9. The molecule has 23 nitrogen and oxygen atoms in total. The van der Waals surface area contributed by atoms with Crippen LogP contribution in [0.2, 0.25) is 11.1 Å². The second-order valence-corrected chi connectivity index (χ2v) is 14.9. The van der Waals surface area contributed by atoms with E-state index < -0.39 is 84.1 Å². The molecule has 0 bridgehead atoms. The van der Waals surface area contributed by atoms with Gasteiger partial charge in [0.25, 0.3) is 0 Å². The number of carbonyl (C=O) groups excluding carboxylic acids is 3. The van der Waals surface area contributed by atoms with Gasteiger partial charge in [0.2, 0.25) is 0 Å². The molecule has 0 saturated carbocycles. The number of ether oxygens (including phenoxy) is 2. The Morgan fingerprint density at radius 3 is 1.64 bits per heavy atom. The van der Waals surface area contributed by atoms with Gasteiger partial charge in [-0.3, -0.25) is 24.6 Å². The summed E-state index contributed by atoms with van der Waals surface area (Å²) in [6.45, 7) is 6.89. The minimum Gasteiger partial charge on any atom is -0.480 e. The average molecular weight is 914 g/mol. The molecule has 59 heavy (non-hydrogen) atoms. The number of carboxylic acid groups (broad SMARTS) is 4. The summed E-state index contributed by atoms with van der Waals surface area (Å²) in [5.41, 5.74) is 42.6. The van der Waals surface area contributed by atoms with Gasteiger partial charge in [-0.2, -0.15) is 0 Å². The first kappa shape index (κ1) is 60.9. The van der Waals surface area contributed by atoms with Crippen molar-refractivity contribution in [1.29, 1.82) is 5.41 Å². The Morgan fingerprint density at radius 1 is 0.746 bits per heavy atom. The molecule has 0 aromatic heterocycles. The van der Waals surface area contributed by atoms with Gasteiger partial charge in [0.05, 0.1) is 6.54 Å². The Balaban J connectivity index is -0.000000328. The van der Waals surface area contributed by atoms with E-state index in [4.69, 9.17) is 76.4 Å². The number of hydrogen-bond donors (Lipinski definition) is 14. The van der Waals surface area contributed by atoms with Gasteiger partial charge in [-0.25, -0.2) is 4.79 Å². The van der Waals surface area contributed by atoms with Gasteiger partial charge in [-0.05, 0) is 44.1 Å². The molecule has 0 saturated heterocycles. The van der Waals surface area contributed by atoms with E-state index in [-0.39, 0.29) is 18.4 Å². The summed E-state index contributed by atoms with van der Waals surface area (Å²) in [5, 5.41) is 43.6. The van der Waals surface area contributed by atoms with Gasteiger partial charge in [0.15, 0.2) is 5.96 Å². The van der Waals surface area contributed by atoms with Crippen molar-refractivity contribution in [3.8, 4) is 0 Å².